The molecule has 1 amide bonds. The van der Waals surface area contributed by atoms with E-state index >= 15 is 0 Å². The van der Waals surface area contributed by atoms with E-state index in [0.717, 1.165) is 33.3 Å². The quantitative estimate of drug-likeness (QED) is 0.353. The number of carbonyl (C=O) groups excluding carboxylic acids is 1. The van der Waals surface area contributed by atoms with Crippen LogP contribution >= 0.6 is 11.3 Å². The van der Waals surface area contributed by atoms with Crippen molar-refractivity contribution in [2.24, 2.45) is 0 Å². The highest BCUT2D eigenvalue weighted by Gasteiger charge is 2.15. The van der Waals surface area contributed by atoms with Gasteiger partial charge in [0.1, 0.15) is 25.0 Å². The van der Waals surface area contributed by atoms with Crippen molar-refractivity contribution in [1.82, 2.24) is 24.6 Å². The molecular weight excluding hydrogens is 434 g/mol. The van der Waals surface area contributed by atoms with Crippen molar-refractivity contribution < 1.29 is 9.53 Å². The molecule has 4 aromatic rings. The number of hydrogen-bond acceptors (Lipinski definition) is 6. The van der Waals surface area contributed by atoms with Crippen LogP contribution in [-0.4, -0.2) is 37.6 Å². The van der Waals surface area contributed by atoms with Gasteiger partial charge in [-0.2, -0.15) is 5.10 Å². The first-order chi connectivity index (χ1) is 16.0. The highest BCUT2D eigenvalue weighted by molar-refractivity contribution is 7.09. The average Bonchev–Trinajstić information content (AvgIpc) is 3.53. The van der Waals surface area contributed by atoms with E-state index in [0.29, 0.717) is 6.61 Å². The Labute approximate surface area is 197 Å². The van der Waals surface area contributed by atoms with Crippen LogP contribution in [0.25, 0.3) is 11.8 Å². The van der Waals surface area contributed by atoms with Gasteiger partial charge < -0.3 is 9.64 Å². The van der Waals surface area contributed by atoms with Crippen molar-refractivity contribution in [2.45, 2.75) is 26.5 Å². The fraction of sp³-hybridized carbons (Fsp3) is 0.200. The maximum Gasteiger partial charge on any atom is 0.246 e. The summed E-state index contributed by atoms with van der Waals surface area (Å²) in [6, 6.07) is 15.5. The summed E-state index contributed by atoms with van der Waals surface area (Å²) in [5.74, 6) is 0.663. The fourth-order valence-corrected chi connectivity index (χ4v) is 3.88. The summed E-state index contributed by atoms with van der Waals surface area (Å²) in [4.78, 5) is 22.8. The number of amides is 1. The van der Waals surface area contributed by atoms with E-state index in [1.165, 1.54) is 6.33 Å². The molecule has 0 spiro atoms. The third-order valence-corrected chi connectivity index (χ3v) is 6.14. The molecule has 0 radical (unpaired) electrons. The Hall–Kier alpha value is -3.78. The molecule has 0 aliphatic heterocycles. The molecule has 0 fully saturated rings. The number of likely N-dealkylation sites (N-methyl/N-ethyl adjacent to an activating group) is 1. The fourth-order valence-electron chi connectivity index (χ4n) is 3.29. The van der Waals surface area contributed by atoms with Crippen molar-refractivity contribution in [3.63, 3.8) is 0 Å². The Morgan fingerprint density at radius 3 is 2.76 bits per heavy atom. The van der Waals surface area contributed by atoms with E-state index in [2.05, 4.69) is 15.1 Å². The van der Waals surface area contributed by atoms with Gasteiger partial charge in [0.15, 0.2) is 0 Å². The lowest BCUT2D eigenvalue weighted by molar-refractivity contribution is -0.126. The molecule has 0 saturated heterocycles. The van der Waals surface area contributed by atoms with Crippen LogP contribution in [-0.2, 0) is 11.4 Å². The average molecular weight is 460 g/mol. The van der Waals surface area contributed by atoms with Gasteiger partial charge in [-0.05, 0) is 55.3 Å². The van der Waals surface area contributed by atoms with Crippen molar-refractivity contribution in [1.29, 1.82) is 0 Å². The molecule has 0 N–H and O–H groups in total. The van der Waals surface area contributed by atoms with Gasteiger partial charge in [0.25, 0.3) is 0 Å². The second-order valence-corrected chi connectivity index (χ2v) is 8.67. The summed E-state index contributed by atoms with van der Waals surface area (Å²) >= 11 is 1.61. The maximum absolute atomic E-state index is 12.8. The Bertz CT molecular complexity index is 1230. The lowest BCUT2D eigenvalue weighted by Gasteiger charge is -2.24. The number of hydrogen-bond donors (Lipinski definition) is 0. The molecule has 0 saturated carbocycles. The van der Waals surface area contributed by atoms with Crippen LogP contribution in [0.15, 0.2) is 72.6 Å². The summed E-state index contributed by atoms with van der Waals surface area (Å²) in [6.45, 7) is 4.40. The van der Waals surface area contributed by atoms with Crippen molar-refractivity contribution >= 4 is 23.3 Å². The zero-order valence-corrected chi connectivity index (χ0v) is 19.6. The van der Waals surface area contributed by atoms with Gasteiger partial charge in [0.2, 0.25) is 5.91 Å². The summed E-state index contributed by atoms with van der Waals surface area (Å²) in [6.07, 6.45) is 6.54. The van der Waals surface area contributed by atoms with E-state index in [4.69, 9.17) is 4.74 Å². The van der Waals surface area contributed by atoms with Crippen LogP contribution in [0.1, 0.15) is 34.8 Å². The predicted octanol–water partition coefficient (Wildman–Crippen LogP) is 4.84. The minimum Gasteiger partial charge on any atom is -0.487 e. The molecule has 2 aromatic heterocycles. The standard InChI is InChI=1S/C25H25N5O2S/c1-18(21-8-10-23(11-9-21)30-17-26-16-27-30)29(3)25(31)12-7-20-5-4-6-24(13-20)32-14-22-15-33-19(2)28-22/h4-13,15-18H,14H2,1-3H3/b12-7-/t18-/m0/s1. The molecule has 0 bridgehead atoms. The Balaban J connectivity index is 1.36. The number of aryl methyl sites for hydroxylation is 1. The lowest BCUT2D eigenvalue weighted by atomic mass is 10.1. The third kappa shape index (κ3) is 5.72. The van der Waals surface area contributed by atoms with Crippen molar-refractivity contribution in [2.75, 3.05) is 7.05 Å². The number of rotatable bonds is 8. The molecule has 2 aromatic carbocycles. The van der Waals surface area contributed by atoms with Gasteiger partial charge in [0, 0.05) is 18.5 Å². The van der Waals surface area contributed by atoms with Crippen LogP contribution in [0.2, 0.25) is 0 Å². The summed E-state index contributed by atoms with van der Waals surface area (Å²) in [5.41, 5.74) is 3.77. The van der Waals surface area contributed by atoms with E-state index in [9.17, 15) is 4.79 Å². The summed E-state index contributed by atoms with van der Waals surface area (Å²) in [7, 11) is 1.80. The summed E-state index contributed by atoms with van der Waals surface area (Å²) < 4.78 is 7.53. The highest BCUT2D eigenvalue weighted by Crippen LogP contribution is 2.21. The molecule has 0 unspecified atom stereocenters. The van der Waals surface area contributed by atoms with E-state index in [1.54, 1.807) is 46.4 Å². The first-order valence-corrected chi connectivity index (χ1v) is 11.4. The molecule has 33 heavy (non-hydrogen) atoms. The van der Waals surface area contributed by atoms with Gasteiger partial charge >= 0.3 is 0 Å². The number of benzene rings is 2. The molecule has 4 rings (SSSR count). The molecule has 0 aliphatic carbocycles. The Morgan fingerprint density at radius 1 is 1.24 bits per heavy atom. The Kier molecular flexibility index (Phi) is 6.95. The smallest absolute Gasteiger partial charge is 0.246 e. The predicted molar refractivity (Wildman–Crippen MR) is 129 cm³/mol. The van der Waals surface area contributed by atoms with Crippen molar-refractivity contribution in [3.05, 3.63) is 94.5 Å². The largest absolute Gasteiger partial charge is 0.487 e. The lowest BCUT2D eigenvalue weighted by Crippen LogP contribution is -2.27. The number of nitrogens with zero attached hydrogens (tertiary/aromatic N) is 5. The van der Waals surface area contributed by atoms with Gasteiger partial charge in [-0.1, -0.05) is 24.3 Å². The van der Waals surface area contributed by atoms with Gasteiger partial charge in [-0.15, -0.1) is 11.3 Å². The highest BCUT2D eigenvalue weighted by atomic mass is 32.1. The van der Waals surface area contributed by atoms with Crippen LogP contribution in [0.5, 0.6) is 5.75 Å². The maximum atomic E-state index is 12.8. The normalized spacial score (nSPS) is 12.1. The minimum absolute atomic E-state index is 0.0767. The van der Waals surface area contributed by atoms with E-state index in [1.807, 2.05) is 67.8 Å². The van der Waals surface area contributed by atoms with E-state index in [-0.39, 0.29) is 11.9 Å². The van der Waals surface area contributed by atoms with E-state index < -0.39 is 0 Å². The van der Waals surface area contributed by atoms with Gasteiger partial charge in [0.05, 0.1) is 22.4 Å². The molecule has 2 heterocycles. The van der Waals surface area contributed by atoms with Gasteiger partial charge in [-0.25, -0.2) is 14.6 Å². The monoisotopic (exact) mass is 459 g/mol. The van der Waals surface area contributed by atoms with Gasteiger partial charge in [-0.3, -0.25) is 4.79 Å². The van der Waals surface area contributed by atoms with Crippen molar-refractivity contribution in [3.8, 4) is 11.4 Å². The number of carbonyl (C=O) groups is 1. The molecule has 8 heteroatoms. The molecular formula is C25H25N5O2S. The number of ether oxygens (including phenoxy) is 1. The second kappa shape index (κ2) is 10.2. The van der Waals surface area contributed by atoms with Crippen LogP contribution in [0.4, 0.5) is 0 Å². The first kappa shape index (κ1) is 22.4. The minimum atomic E-state index is -0.0804. The van der Waals surface area contributed by atoms with Crippen LogP contribution in [0.3, 0.4) is 0 Å². The van der Waals surface area contributed by atoms with Crippen LogP contribution < -0.4 is 4.74 Å². The Morgan fingerprint density at radius 2 is 2.06 bits per heavy atom. The first-order valence-electron chi connectivity index (χ1n) is 10.5. The molecule has 0 aliphatic rings. The molecule has 168 valence electrons. The zero-order valence-electron chi connectivity index (χ0n) is 18.8. The SMILES string of the molecule is Cc1nc(COc2cccc(/C=C\C(=O)N(C)[C@@H](C)c3ccc(-n4cncn4)cc3)c2)cs1. The topological polar surface area (TPSA) is 73.1 Å². The summed E-state index contributed by atoms with van der Waals surface area (Å²) in [5, 5.41) is 7.15. The number of aromatic nitrogens is 4. The number of thiazole rings is 1. The van der Waals surface area contributed by atoms with Crippen LogP contribution in [0, 0.1) is 6.92 Å². The molecule has 1 atom stereocenters. The molecule has 7 nitrogen and oxygen atoms in total. The zero-order chi connectivity index (χ0) is 23.2. The third-order valence-electron chi connectivity index (χ3n) is 5.32. The second-order valence-electron chi connectivity index (χ2n) is 7.61.